The molecule has 74 heavy (non-hydrogen) atoms. The number of β-amino-alcohol motifs (C(OH)–C–C–N with tert-alkyl or cyclic N) is 1. The zero-order valence-electron chi connectivity index (χ0n) is 44.0. The average molecular weight is 1040 g/mol. The van der Waals surface area contributed by atoms with E-state index in [2.05, 4.69) is 56.2 Å². The average Bonchev–Trinajstić information content (AvgIpc) is 3.99. The number of unbranched alkanes of at least 4 members (excludes halogenated alkanes) is 1. The van der Waals surface area contributed by atoms with Crippen molar-refractivity contribution in [3.05, 3.63) is 89.4 Å². The van der Waals surface area contributed by atoms with Crippen LogP contribution in [0.4, 0.5) is 17.5 Å². The monoisotopic (exact) mass is 1040 g/mol. The minimum absolute atomic E-state index is 0.00112. The second-order valence-corrected chi connectivity index (χ2v) is 21.1. The third-order valence-corrected chi connectivity index (χ3v) is 14.2. The molecular formula is C56H78N8O9S. The second kappa shape index (κ2) is 29.2. The van der Waals surface area contributed by atoms with Gasteiger partial charge in [-0.3, -0.25) is 19.2 Å². The molecule has 4 amide bonds. The van der Waals surface area contributed by atoms with Gasteiger partial charge in [0.15, 0.2) is 0 Å². The SMILES string of the molecule is C=Cc1cnc(Nc2cccc(OCCCOCCCCOCCCOCC(=O)N[C@H](C(=O)N3C[C@H](O)C[C@H]3C(=O)NCc3ccc(-c4sccc4C)cc3)C(C)(C)C)c2)nc1NCCCN(C)C(=O)C1CCC1. The van der Waals surface area contributed by atoms with Crippen LogP contribution in [0.25, 0.3) is 16.5 Å². The van der Waals surface area contributed by atoms with Gasteiger partial charge in [0.2, 0.25) is 29.6 Å². The fraction of sp³-hybridized carbons (Fsp3) is 0.536. The molecule has 2 aromatic carbocycles. The van der Waals surface area contributed by atoms with Gasteiger partial charge in [0.05, 0.1) is 12.7 Å². The van der Waals surface area contributed by atoms with E-state index in [0.717, 1.165) is 73.1 Å². The molecule has 0 spiro atoms. The Hall–Kier alpha value is -5.92. The number of aliphatic hydroxyl groups is 1. The molecule has 0 radical (unpaired) electrons. The first-order chi connectivity index (χ1) is 35.7. The number of aryl methyl sites for hydroxylation is 1. The Kier molecular flexibility index (Phi) is 22.7. The Labute approximate surface area is 441 Å². The fourth-order valence-electron chi connectivity index (χ4n) is 8.60. The van der Waals surface area contributed by atoms with Crippen LogP contribution in [0.2, 0.25) is 0 Å². The summed E-state index contributed by atoms with van der Waals surface area (Å²) in [6.07, 6.45) is 9.70. The molecule has 1 aliphatic carbocycles. The first-order valence-corrected chi connectivity index (χ1v) is 27.0. The van der Waals surface area contributed by atoms with Crippen molar-refractivity contribution in [3.63, 3.8) is 0 Å². The maximum Gasteiger partial charge on any atom is 0.246 e. The smallest absolute Gasteiger partial charge is 0.246 e. The standard InChI is InChI=1S/C56H78N8O9S/c1-7-41-36-59-55(62-51(41)57-24-12-25-63(6)53(68)43-15-10-16-43)60-44-17-11-18-46(33-44)73-31-14-29-71-27-9-8-26-70-28-13-30-72-38-48(66)61-50(56(3,4)5)54(69)64-37-45(65)34-47(64)52(67)58-35-40-19-21-42(22-20-40)49-39(2)23-32-74-49/h7,11,17-23,32-33,36,43,45,47,50,65H,1,8-10,12-16,24-31,34-35,37-38H2,2-6H3,(H,58,67)(H,61,66)(H2,57,59,60,62)/t45-,47+,50-/m1/s1. The minimum atomic E-state index is -0.938. The lowest BCUT2D eigenvalue weighted by molar-refractivity contribution is -0.144. The zero-order chi connectivity index (χ0) is 52.9. The number of anilines is 3. The Morgan fingerprint density at radius 3 is 2.34 bits per heavy atom. The molecule has 17 nitrogen and oxygen atoms in total. The highest BCUT2D eigenvalue weighted by Gasteiger charge is 2.44. The molecule has 3 atom stereocenters. The molecule has 2 fully saturated rings. The summed E-state index contributed by atoms with van der Waals surface area (Å²) in [6.45, 7) is 16.0. The van der Waals surface area contributed by atoms with E-state index in [-0.39, 0.29) is 43.8 Å². The molecule has 0 bridgehead atoms. The van der Waals surface area contributed by atoms with Crippen molar-refractivity contribution in [1.29, 1.82) is 0 Å². The molecule has 2 aromatic heterocycles. The van der Waals surface area contributed by atoms with Gasteiger partial charge >= 0.3 is 0 Å². The Morgan fingerprint density at radius 1 is 0.946 bits per heavy atom. The number of aliphatic hydroxyl groups excluding tert-OH is 1. The maximum absolute atomic E-state index is 14.0. The zero-order valence-corrected chi connectivity index (χ0v) is 44.8. The van der Waals surface area contributed by atoms with Crippen LogP contribution in [-0.2, 0) is 39.9 Å². The van der Waals surface area contributed by atoms with Crippen LogP contribution in [-0.4, -0.2) is 140 Å². The van der Waals surface area contributed by atoms with Crippen molar-refractivity contribution < 1.29 is 43.2 Å². The van der Waals surface area contributed by atoms with E-state index in [4.69, 9.17) is 18.9 Å². The van der Waals surface area contributed by atoms with Gasteiger partial charge in [-0.1, -0.05) is 70.2 Å². The molecule has 6 rings (SSSR count). The number of hydrogen-bond acceptors (Lipinski definition) is 14. The molecule has 1 aliphatic heterocycles. The highest BCUT2D eigenvalue weighted by Crippen LogP contribution is 2.31. The lowest BCUT2D eigenvalue weighted by Gasteiger charge is -2.35. The molecule has 402 valence electrons. The normalized spacial score (nSPS) is 16.0. The van der Waals surface area contributed by atoms with Gasteiger partial charge in [0.1, 0.15) is 30.3 Å². The maximum atomic E-state index is 14.0. The summed E-state index contributed by atoms with van der Waals surface area (Å²) in [5.41, 5.74) is 4.17. The van der Waals surface area contributed by atoms with Gasteiger partial charge in [-0.05, 0) is 91.1 Å². The summed E-state index contributed by atoms with van der Waals surface area (Å²) in [5.74, 6) is 1.08. The van der Waals surface area contributed by atoms with Crippen molar-refractivity contribution in [3.8, 4) is 16.2 Å². The van der Waals surface area contributed by atoms with Crippen LogP contribution >= 0.6 is 11.3 Å². The van der Waals surface area contributed by atoms with Gasteiger partial charge < -0.3 is 55.1 Å². The summed E-state index contributed by atoms with van der Waals surface area (Å²) in [7, 11) is 1.88. The molecule has 18 heteroatoms. The van der Waals surface area contributed by atoms with Crippen LogP contribution in [0.5, 0.6) is 5.75 Å². The van der Waals surface area contributed by atoms with Crippen LogP contribution < -0.4 is 26.0 Å². The van der Waals surface area contributed by atoms with E-state index in [1.807, 2.05) is 81.2 Å². The number of likely N-dealkylation sites (tertiary alicyclic amines) is 1. The van der Waals surface area contributed by atoms with Gasteiger partial charge in [0, 0.05) is 113 Å². The summed E-state index contributed by atoms with van der Waals surface area (Å²) < 4.78 is 23.2. The predicted molar refractivity (Wildman–Crippen MR) is 290 cm³/mol. The van der Waals surface area contributed by atoms with E-state index < -0.39 is 35.4 Å². The summed E-state index contributed by atoms with van der Waals surface area (Å²) in [4.78, 5) is 66.4. The van der Waals surface area contributed by atoms with Gasteiger partial charge in [-0.2, -0.15) is 4.98 Å². The quantitative estimate of drug-likeness (QED) is 0.0306. The number of carbonyl (C=O) groups is 4. The number of nitrogens with one attached hydrogen (secondary N) is 4. The number of benzene rings is 2. The molecule has 5 N–H and O–H groups in total. The van der Waals surface area contributed by atoms with Crippen molar-refractivity contribution in [2.24, 2.45) is 11.3 Å². The first-order valence-electron chi connectivity index (χ1n) is 26.1. The van der Waals surface area contributed by atoms with Crippen LogP contribution in [0.15, 0.2) is 72.8 Å². The highest BCUT2D eigenvalue weighted by molar-refractivity contribution is 7.13. The number of aromatic nitrogens is 2. The van der Waals surface area contributed by atoms with Crippen molar-refractivity contribution >= 4 is 58.5 Å². The van der Waals surface area contributed by atoms with Gasteiger partial charge in [-0.25, -0.2) is 4.98 Å². The highest BCUT2D eigenvalue weighted by atomic mass is 32.1. The third kappa shape index (κ3) is 17.9. The molecule has 3 heterocycles. The molecular weight excluding hydrogens is 961 g/mol. The molecule has 2 aliphatic rings. The topological polar surface area (TPSA) is 206 Å². The van der Waals surface area contributed by atoms with Crippen LogP contribution in [0.1, 0.15) is 95.2 Å². The van der Waals surface area contributed by atoms with Crippen molar-refractivity contribution in [2.75, 3.05) is 83.6 Å². The summed E-state index contributed by atoms with van der Waals surface area (Å²) >= 11 is 1.69. The Balaban J connectivity index is 0.780. The van der Waals surface area contributed by atoms with E-state index >= 15 is 0 Å². The van der Waals surface area contributed by atoms with E-state index in [9.17, 15) is 24.3 Å². The number of nitrogens with zero attached hydrogens (tertiary/aromatic N) is 4. The Bertz CT molecular complexity index is 2420. The largest absolute Gasteiger partial charge is 0.493 e. The van der Waals surface area contributed by atoms with Gasteiger partial charge in [0.25, 0.3) is 0 Å². The van der Waals surface area contributed by atoms with Gasteiger partial charge in [-0.15, -0.1) is 11.3 Å². The second-order valence-electron chi connectivity index (χ2n) is 20.2. The molecule has 1 saturated carbocycles. The number of thiophene rings is 1. The summed E-state index contributed by atoms with van der Waals surface area (Å²) in [5, 5.41) is 25.0. The van der Waals surface area contributed by atoms with E-state index in [1.54, 1.807) is 23.6 Å². The number of ether oxygens (including phenoxy) is 4. The fourth-order valence-corrected chi connectivity index (χ4v) is 9.53. The summed E-state index contributed by atoms with van der Waals surface area (Å²) in [6, 6.07) is 16.0. The molecule has 0 unspecified atom stereocenters. The molecule has 4 aromatic rings. The van der Waals surface area contributed by atoms with Crippen molar-refractivity contribution in [1.82, 2.24) is 30.4 Å². The van der Waals surface area contributed by atoms with E-state index in [0.29, 0.717) is 70.9 Å². The predicted octanol–water partition coefficient (Wildman–Crippen LogP) is 7.76. The Morgan fingerprint density at radius 2 is 1.66 bits per heavy atom. The lowest BCUT2D eigenvalue weighted by Crippen LogP contribution is -2.58. The minimum Gasteiger partial charge on any atom is -0.493 e. The number of rotatable bonds is 31. The van der Waals surface area contributed by atoms with E-state index in [1.165, 1.54) is 15.3 Å². The third-order valence-electron chi connectivity index (χ3n) is 13.1. The van der Waals surface area contributed by atoms with Crippen LogP contribution in [0.3, 0.4) is 0 Å². The number of carbonyl (C=O) groups excluding carboxylic acids is 4. The first kappa shape index (κ1) is 57.4. The molecule has 1 saturated heterocycles. The van der Waals surface area contributed by atoms with Crippen LogP contribution in [0, 0.1) is 18.3 Å². The lowest BCUT2D eigenvalue weighted by atomic mass is 9.84. The number of amides is 4. The number of hydrogen-bond donors (Lipinski definition) is 5. The van der Waals surface area contributed by atoms with Crippen molar-refractivity contribution in [2.45, 2.75) is 110 Å².